The normalized spacial score (nSPS) is 26.2. The number of hydrogen-bond donors (Lipinski definition) is 1. The zero-order valence-corrected chi connectivity index (χ0v) is 13.1. The lowest BCUT2D eigenvalue weighted by atomic mass is 9.94. The monoisotopic (exact) mass is 310 g/mol. The second-order valence-corrected chi connectivity index (χ2v) is 6.54. The molecule has 2 rings (SSSR count). The standard InChI is InChI=1S/C15H23BrN2/c1-10-4-5-11(2)18(9-10)15-7-6-13(12(3)17)8-14(15)16/h6-8,10-12H,4-5,9,17H2,1-3H3/t10?,11?,12-/m0/s1. The van der Waals surface area contributed by atoms with Crippen LogP contribution in [0.5, 0.6) is 0 Å². The van der Waals surface area contributed by atoms with Gasteiger partial charge in [-0.15, -0.1) is 0 Å². The van der Waals surface area contributed by atoms with Crippen molar-refractivity contribution in [3.8, 4) is 0 Å². The third kappa shape index (κ3) is 2.89. The van der Waals surface area contributed by atoms with Gasteiger partial charge in [0, 0.05) is 23.1 Å². The summed E-state index contributed by atoms with van der Waals surface area (Å²) in [4.78, 5) is 2.52. The van der Waals surface area contributed by atoms with Gasteiger partial charge >= 0.3 is 0 Å². The third-order valence-electron chi connectivity index (χ3n) is 3.92. The lowest BCUT2D eigenvalue weighted by Gasteiger charge is -2.39. The van der Waals surface area contributed by atoms with E-state index >= 15 is 0 Å². The lowest BCUT2D eigenvalue weighted by molar-refractivity contribution is 0.390. The van der Waals surface area contributed by atoms with E-state index in [9.17, 15) is 0 Å². The van der Waals surface area contributed by atoms with Crippen molar-refractivity contribution in [3.05, 3.63) is 28.2 Å². The number of nitrogens with zero attached hydrogens (tertiary/aromatic N) is 1. The molecule has 3 heteroatoms. The average molecular weight is 311 g/mol. The molecule has 1 fully saturated rings. The quantitative estimate of drug-likeness (QED) is 0.891. The number of hydrogen-bond acceptors (Lipinski definition) is 2. The number of anilines is 1. The van der Waals surface area contributed by atoms with E-state index in [0.29, 0.717) is 6.04 Å². The first-order valence-corrected chi connectivity index (χ1v) is 7.60. The average Bonchev–Trinajstić information content (AvgIpc) is 2.32. The van der Waals surface area contributed by atoms with Gasteiger partial charge < -0.3 is 10.6 Å². The Morgan fingerprint density at radius 1 is 1.33 bits per heavy atom. The minimum atomic E-state index is 0.0908. The fourth-order valence-corrected chi connectivity index (χ4v) is 3.29. The first-order valence-electron chi connectivity index (χ1n) is 6.80. The Labute approximate surface area is 119 Å². The Kier molecular flexibility index (Phi) is 4.33. The number of benzene rings is 1. The molecule has 1 heterocycles. The summed E-state index contributed by atoms with van der Waals surface area (Å²) in [7, 11) is 0. The predicted molar refractivity (Wildman–Crippen MR) is 82.0 cm³/mol. The molecule has 0 aliphatic carbocycles. The fraction of sp³-hybridized carbons (Fsp3) is 0.600. The molecule has 2 unspecified atom stereocenters. The Morgan fingerprint density at radius 2 is 2.06 bits per heavy atom. The first-order chi connectivity index (χ1) is 8.49. The largest absolute Gasteiger partial charge is 0.368 e. The van der Waals surface area contributed by atoms with Gasteiger partial charge in [0.1, 0.15) is 0 Å². The van der Waals surface area contributed by atoms with Crippen molar-refractivity contribution < 1.29 is 0 Å². The highest BCUT2D eigenvalue weighted by atomic mass is 79.9. The van der Waals surface area contributed by atoms with E-state index in [-0.39, 0.29) is 6.04 Å². The lowest BCUT2D eigenvalue weighted by Crippen LogP contribution is -2.41. The minimum absolute atomic E-state index is 0.0908. The van der Waals surface area contributed by atoms with E-state index < -0.39 is 0 Å². The van der Waals surface area contributed by atoms with Crippen LogP contribution in [0.25, 0.3) is 0 Å². The summed E-state index contributed by atoms with van der Waals surface area (Å²) >= 11 is 3.70. The van der Waals surface area contributed by atoms with Gasteiger partial charge in [-0.3, -0.25) is 0 Å². The second kappa shape index (κ2) is 5.62. The smallest absolute Gasteiger partial charge is 0.0513 e. The van der Waals surface area contributed by atoms with Gasteiger partial charge in [-0.1, -0.05) is 13.0 Å². The molecule has 1 aromatic rings. The Balaban J connectivity index is 2.27. The maximum Gasteiger partial charge on any atom is 0.0513 e. The van der Waals surface area contributed by atoms with Crippen LogP contribution in [0, 0.1) is 5.92 Å². The molecule has 2 N–H and O–H groups in total. The topological polar surface area (TPSA) is 29.3 Å². The summed E-state index contributed by atoms with van der Waals surface area (Å²) < 4.78 is 1.17. The molecule has 0 aromatic heterocycles. The maximum atomic E-state index is 5.93. The van der Waals surface area contributed by atoms with Crippen molar-refractivity contribution in [2.45, 2.75) is 45.7 Å². The van der Waals surface area contributed by atoms with Gasteiger partial charge in [0.05, 0.1) is 5.69 Å². The number of piperidine rings is 1. The van der Waals surface area contributed by atoms with Crippen LogP contribution < -0.4 is 10.6 Å². The summed E-state index contributed by atoms with van der Waals surface area (Å²) in [6.45, 7) is 7.82. The van der Waals surface area contributed by atoms with E-state index in [4.69, 9.17) is 5.73 Å². The van der Waals surface area contributed by atoms with E-state index in [1.807, 2.05) is 6.92 Å². The van der Waals surface area contributed by atoms with E-state index in [2.05, 4.69) is 52.9 Å². The van der Waals surface area contributed by atoms with Gasteiger partial charge in [0.25, 0.3) is 0 Å². The molecule has 3 atom stereocenters. The SMILES string of the molecule is CC1CCC(C)N(c2ccc([C@H](C)N)cc2Br)C1. The summed E-state index contributed by atoms with van der Waals surface area (Å²) in [5.74, 6) is 0.779. The van der Waals surface area contributed by atoms with Crippen LogP contribution in [0.2, 0.25) is 0 Å². The summed E-state index contributed by atoms with van der Waals surface area (Å²) in [5, 5.41) is 0. The summed E-state index contributed by atoms with van der Waals surface area (Å²) in [5.41, 5.74) is 8.41. The number of halogens is 1. The molecule has 1 aliphatic heterocycles. The zero-order chi connectivity index (χ0) is 13.3. The van der Waals surface area contributed by atoms with Gasteiger partial charge in [-0.05, 0) is 66.2 Å². The Hall–Kier alpha value is -0.540. The van der Waals surface area contributed by atoms with Crippen molar-refractivity contribution in [2.24, 2.45) is 11.7 Å². The van der Waals surface area contributed by atoms with Crippen molar-refractivity contribution in [1.29, 1.82) is 0 Å². The van der Waals surface area contributed by atoms with E-state index in [1.54, 1.807) is 0 Å². The Morgan fingerprint density at radius 3 is 2.67 bits per heavy atom. The molecule has 1 saturated heterocycles. The molecule has 0 spiro atoms. The highest BCUT2D eigenvalue weighted by molar-refractivity contribution is 9.10. The predicted octanol–water partition coefficient (Wildman–Crippen LogP) is 4.09. The highest BCUT2D eigenvalue weighted by Crippen LogP contribution is 2.34. The molecule has 0 bridgehead atoms. The van der Waals surface area contributed by atoms with Crippen molar-refractivity contribution in [3.63, 3.8) is 0 Å². The molecule has 0 radical (unpaired) electrons. The van der Waals surface area contributed by atoms with Crippen LogP contribution in [0.15, 0.2) is 22.7 Å². The maximum absolute atomic E-state index is 5.93. The molecule has 2 nitrogen and oxygen atoms in total. The number of nitrogens with two attached hydrogens (primary N) is 1. The molecule has 1 aliphatic rings. The van der Waals surface area contributed by atoms with Crippen molar-refractivity contribution in [1.82, 2.24) is 0 Å². The minimum Gasteiger partial charge on any atom is -0.368 e. The van der Waals surface area contributed by atoms with Gasteiger partial charge in [0.2, 0.25) is 0 Å². The van der Waals surface area contributed by atoms with Crippen LogP contribution in [0.1, 0.15) is 45.2 Å². The van der Waals surface area contributed by atoms with Crippen LogP contribution >= 0.6 is 15.9 Å². The van der Waals surface area contributed by atoms with Crippen molar-refractivity contribution >= 4 is 21.6 Å². The second-order valence-electron chi connectivity index (χ2n) is 5.68. The van der Waals surface area contributed by atoms with Gasteiger partial charge in [0.15, 0.2) is 0 Å². The van der Waals surface area contributed by atoms with Crippen LogP contribution in [0.4, 0.5) is 5.69 Å². The van der Waals surface area contributed by atoms with E-state index in [1.165, 1.54) is 28.6 Å². The van der Waals surface area contributed by atoms with Crippen molar-refractivity contribution in [2.75, 3.05) is 11.4 Å². The molecule has 0 amide bonds. The molecule has 0 saturated carbocycles. The Bertz CT molecular complexity index is 417. The molecular weight excluding hydrogens is 288 g/mol. The first kappa shape index (κ1) is 13.9. The van der Waals surface area contributed by atoms with Crippen LogP contribution in [-0.4, -0.2) is 12.6 Å². The molecule has 100 valence electrons. The number of rotatable bonds is 2. The molecular formula is C15H23BrN2. The van der Waals surface area contributed by atoms with Gasteiger partial charge in [-0.25, -0.2) is 0 Å². The molecule has 1 aromatic carbocycles. The van der Waals surface area contributed by atoms with Crippen LogP contribution in [0.3, 0.4) is 0 Å². The van der Waals surface area contributed by atoms with E-state index in [0.717, 1.165) is 12.5 Å². The summed E-state index contributed by atoms with van der Waals surface area (Å²) in [6, 6.07) is 7.23. The summed E-state index contributed by atoms with van der Waals surface area (Å²) in [6.07, 6.45) is 2.62. The highest BCUT2D eigenvalue weighted by Gasteiger charge is 2.24. The molecule has 18 heavy (non-hydrogen) atoms. The third-order valence-corrected chi connectivity index (χ3v) is 4.56. The fourth-order valence-electron chi connectivity index (χ4n) is 2.66. The van der Waals surface area contributed by atoms with Gasteiger partial charge in [-0.2, -0.15) is 0 Å². The van der Waals surface area contributed by atoms with Crippen LogP contribution in [-0.2, 0) is 0 Å². The zero-order valence-electron chi connectivity index (χ0n) is 11.5.